The summed E-state index contributed by atoms with van der Waals surface area (Å²) in [6, 6.07) is 5.75. The fourth-order valence-electron chi connectivity index (χ4n) is 1.90. The maximum absolute atomic E-state index is 10.5. The molecule has 1 aromatic rings. The van der Waals surface area contributed by atoms with E-state index in [-0.39, 0.29) is 0 Å². The molecule has 0 saturated carbocycles. The Bertz CT molecular complexity index is 359. The fraction of sp³-hybridized carbons (Fsp3) is 0.455. The molecule has 1 aliphatic heterocycles. The van der Waals surface area contributed by atoms with Gasteiger partial charge in [0.15, 0.2) is 0 Å². The Morgan fingerprint density at radius 2 is 2.00 bits per heavy atom. The molecule has 0 spiro atoms. The zero-order valence-corrected chi connectivity index (χ0v) is 8.86. The zero-order valence-electron chi connectivity index (χ0n) is 8.86. The molecule has 1 aliphatic rings. The normalized spacial score (nSPS) is 16.5. The molecule has 0 bridgehead atoms. The van der Waals surface area contributed by atoms with Gasteiger partial charge in [-0.2, -0.15) is 0 Å². The number of hydrogen-bond donors (Lipinski definition) is 1. The fourth-order valence-corrected chi connectivity index (χ4v) is 1.90. The topological polar surface area (TPSA) is 44.7 Å². The smallest absolute Gasteiger partial charge is 0.110 e. The Morgan fingerprint density at radius 3 is 2.67 bits per heavy atom. The quantitative estimate of drug-likeness (QED) is 0.749. The largest absolute Gasteiger partial charge is 0.369 e. The summed E-state index contributed by atoms with van der Waals surface area (Å²) in [6.07, 6.45) is 0. The number of hydrogen-bond acceptors (Lipinski definition) is 4. The van der Waals surface area contributed by atoms with E-state index in [1.807, 2.05) is 13.0 Å². The highest BCUT2D eigenvalue weighted by Crippen LogP contribution is 2.24. The van der Waals surface area contributed by atoms with Crippen molar-refractivity contribution in [1.82, 2.24) is 5.32 Å². The average molecular weight is 205 g/mol. The lowest BCUT2D eigenvalue weighted by atomic mass is 10.1. The van der Waals surface area contributed by atoms with Gasteiger partial charge in [0.05, 0.1) is 0 Å². The molecule has 15 heavy (non-hydrogen) atoms. The summed E-state index contributed by atoms with van der Waals surface area (Å²) in [6.45, 7) is 5.96. The number of nitrogens with one attached hydrogen (secondary N) is 1. The van der Waals surface area contributed by atoms with E-state index in [0.29, 0.717) is 5.69 Å². The van der Waals surface area contributed by atoms with E-state index in [4.69, 9.17) is 0 Å². The highest BCUT2D eigenvalue weighted by Gasteiger charge is 2.11. The minimum Gasteiger partial charge on any atom is -0.369 e. The maximum atomic E-state index is 10.5. The van der Waals surface area contributed by atoms with Crippen LogP contribution in [0.15, 0.2) is 23.4 Å². The SMILES string of the molecule is Cc1cc(N=O)cc(N2CCNCC2)c1. The molecule has 1 aromatic carbocycles. The number of aryl methyl sites for hydroxylation is 1. The van der Waals surface area contributed by atoms with Gasteiger partial charge in [0.2, 0.25) is 0 Å². The van der Waals surface area contributed by atoms with Crippen LogP contribution in [0.25, 0.3) is 0 Å². The van der Waals surface area contributed by atoms with Crippen molar-refractivity contribution in [2.24, 2.45) is 5.18 Å². The molecule has 0 unspecified atom stereocenters. The van der Waals surface area contributed by atoms with Crippen LogP contribution in [0.3, 0.4) is 0 Å². The second kappa shape index (κ2) is 4.40. The van der Waals surface area contributed by atoms with Gasteiger partial charge in [0, 0.05) is 31.9 Å². The summed E-state index contributed by atoms with van der Waals surface area (Å²) < 4.78 is 0. The highest BCUT2D eigenvalue weighted by molar-refractivity contribution is 5.58. The van der Waals surface area contributed by atoms with Crippen LogP contribution in [-0.2, 0) is 0 Å². The Kier molecular flexibility index (Phi) is 2.97. The van der Waals surface area contributed by atoms with Gasteiger partial charge in [-0.25, -0.2) is 0 Å². The van der Waals surface area contributed by atoms with Crippen LogP contribution in [-0.4, -0.2) is 26.2 Å². The molecule has 4 heteroatoms. The summed E-state index contributed by atoms with van der Waals surface area (Å²) in [7, 11) is 0. The lowest BCUT2D eigenvalue weighted by Crippen LogP contribution is -2.43. The number of nitrogens with zero attached hydrogens (tertiary/aromatic N) is 2. The molecule has 80 valence electrons. The van der Waals surface area contributed by atoms with E-state index in [0.717, 1.165) is 37.4 Å². The summed E-state index contributed by atoms with van der Waals surface area (Å²) >= 11 is 0. The molecule has 0 aliphatic carbocycles. The molecule has 4 nitrogen and oxygen atoms in total. The first kappa shape index (κ1) is 10.1. The van der Waals surface area contributed by atoms with E-state index < -0.39 is 0 Å². The Labute approximate surface area is 89.3 Å². The van der Waals surface area contributed by atoms with Crippen LogP contribution in [0.4, 0.5) is 11.4 Å². The van der Waals surface area contributed by atoms with Crippen molar-refractivity contribution < 1.29 is 0 Å². The zero-order chi connectivity index (χ0) is 10.7. The van der Waals surface area contributed by atoms with Crippen molar-refractivity contribution in [2.45, 2.75) is 6.92 Å². The summed E-state index contributed by atoms with van der Waals surface area (Å²) in [4.78, 5) is 12.8. The average Bonchev–Trinajstić information content (AvgIpc) is 2.29. The first-order valence-electron chi connectivity index (χ1n) is 5.20. The lowest BCUT2D eigenvalue weighted by molar-refractivity contribution is 0.589. The van der Waals surface area contributed by atoms with Crippen molar-refractivity contribution in [3.63, 3.8) is 0 Å². The Balaban J connectivity index is 2.25. The van der Waals surface area contributed by atoms with Gasteiger partial charge in [-0.05, 0) is 35.9 Å². The molecule has 0 radical (unpaired) electrons. The van der Waals surface area contributed by atoms with Crippen molar-refractivity contribution >= 4 is 11.4 Å². The van der Waals surface area contributed by atoms with E-state index in [1.165, 1.54) is 0 Å². The maximum Gasteiger partial charge on any atom is 0.110 e. The third-order valence-corrected chi connectivity index (χ3v) is 2.63. The summed E-state index contributed by atoms with van der Waals surface area (Å²) in [5.41, 5.74) is 2.70. The molecule has 0 aromatic heterocycles. The van der Waals surface area contributed by atoms with E-state index in [9.17, 15) is 4.91 Å². The second-order valence-electron chi connectivity index (χ2n) is 3.86. The molecule has 0 amide bonds. The Morgan fingerprint density at radius 1 is 1.27 bits per heavy atom. The first-order valence-corrected chi connectivity index (χ1v) is 5.20. The number of nitroso groups, excluding NO2 is 1. The Hall–Kier alpha value is -1.42. The molecule has 0 atom stereocenters. The van der Waals surface area contributed by atoms with Gasteiger partial charge < -0.3 is 10.2 Å². The van der Waals surface area contributed by atoms with Crippen molar-refractivity contribution in [3.8, 4) is 0 Å². The molecule has 1 saturated heterocycles. The number of anilines is 1. The van der Waals surface area contributed by atoms with E-state index >= 15 is 0 Å². The second-order valence-corrected chi connectivity index (χ2v) is 3.86. The first-order chi connectivity index (χ1) is 7.29. The van der Waals surface area contributed by atoms with Gasteiger partial charge >= 0.3 is 0 Å². The molecule has 1 N–H and O–H groups in total. The van der Waals surface area contributed by atoms with E-state index in [1.54, 1.807) is 6.07 Å². The van der Waals surface area contributed by atoms with Gasteiger partial charge in [-0.15, -0.1) is 4.91 Å². The van der Waals surface area contributed by atoms with Crippen molar-refractivity contribution in [3.05, 3.63) is 28.7 Å². The highest BCUT2D eigenvalue weighted by atomic mass is 16.3. The molecular weight excluding hydrogens is 190 g/mol. The standard InChI is InChI=1S/C11H15N3O/c1-9-6-10(13-15)8-11(7-9)14-4-2-12-3-5-14/h6-8,12H,2-5H2,1H3. The summed E-state index contributed by atoms with van der Waals surface area (Å²) in [5, 5.41) is 6.30. The van der Waals surface area contributed by atoms with Crippen LogP contribution in [0.1, 0.15) is 5.56 Å². The lowest BCUT2D eigenvalue weighted by Gasteiger charge is -2.29. The number of benzene rings is 1. The third kappa shape index (κ3) is 2.33. The van der Waals surface area contributed by atoms with Crippen LogP contribution in [0, 0.1) is 11.8 Å². The van der Waals surface area contributed by atoms with E-state index in [2.05, 4.69) is 21.5 Å². The van der Waals surface area contributed by atoms with Crippen LogP contribution < -0.4 is 10.2 Å². The van der Waals surface area contributed by atoms with Crippen molar-refractivity contribution in [2.75, 3.05) is 31.1 Å². The van der Waals surface area contributed by atoms with Gasteiger partial charge in [0.25, 0.3) is 0 Å². The molecule has 2 rings (SSSR count). The van der Waals surface area contributed by atoms with Gasteiger partial charge in [-0.1, -0.05) is 0 Å². The monoisotopic (exact) mass is 205 g/mol. The van der Waals surface area contributed by atoms with Crippen LogP contribution in [0.2, 0.25) is 0 Å². The molecular formula is C11H15N3O. The summed E-state index contributed by atoms with van der Waals surface area (Å²) in [5.74, 6) is 0. The predicted octanol–water partition coefficient (Wildman–Crippen LogP) is 1.80. The predicted molar refractivity (Wildman–Crippen MR) is 61.7 cm³/mol. The van der Waals surface area contributed by atoms with Gasteiger partial charge in [0.1, 0.15) is 5.69 Å². The van der Waals surface area contributed by atoms with Gasteiger partial charge in [-0.3, -0.25) is 0 Å². The number of rotatable bonds is 2. The number of piperazine rings is 1. The third-order valence-electron chi connectivity index (χ3n) is 2.63. The van der Waals surface area contributed by atoms with Crippen molar-refractivity contribution in [1.29, 1.82) is 0 Å². The van der Waals surface area contributed by atoms with Crippen LogP contribution >= 0.6 is 0 Å². The molecule has 1 fully saturated rings. The van der Waals surface area contributed by atoms with Crippen LogP contribution in [0.5, 0.6) is 0 Å². The minimum absolute atomic E-state index is 0.517. The molecule has 1 heterocycles. The minimum atomic E-state index is 0.517.